The van der Waals surface area contributed by atoms with E-state index in [4.69, 9.17) is 4.74 Å². The molecule has 0 amide bonds. The number of methoxy groups -OCH3 is 1. The SMILES string of the molecule is C1CSSC1.CCCCC(=O)Oc1ccccc1C(=O)OC. The lowest BCUT2D eigenvalue weighted by Crippen LogP contribution is -2.11. The van der Waals surface area contributed by atoms with Crippen LogP contribution in [0, 0.1) is 0 Å². The van der Waals surface area contributed by atoms with E-state index in [0.717, 1.165) is 12.8 Å². The number of hydrogen-bond donors (Lipinski definition) is 0. The first-order valence-corrected chi connectivity index (χ1v) is 9.80. The number of carbonyl (C=O) groups excluding carboxylic acids is 2. The molecule has 0 N–H and O–H groups in total. The van der Waals surface area contributed by atoms with E-state index in [0.29, 0.717) is 6.42 Å². The van der Waals surface area contributed by atoms with Crippen LogP contribution in [0.5, 0.6) is 5.75 Å². The molecule has 1 aliphatic heterocycles. The van der Waals surface area contributed by atoms with Crippen LogP contribution in [-0.4, -0.2) is 30.6 Å². The van der Waals surface area contributed by atoms with E-state index < -0.39 is 5.97 Å². The van der Waals surface area contributed by atoms with Gasteiger partial charge in [-0.15, -0.1) is 0 Å². The normalized spacial score (nSPS) is 13.0. The van der Waals surface area contributed by atoms with Crippen molar-refractivity contribution in [3.8, 4) is 5.75 Å². The van der Waals surface area contributed by atoms with Crippen molar-refractivity contribution in [1.29, 1.82) is 0 Å². The van der Waals surface area contributed by atoms with E-state index in [-0.39, 0.29) is 17.3 Å². The van der Waals surface area contributed by atoms with Gasteiger partial charge in [-0.1, -0.05) is 47.1 Å². The molecule has 0 radical (unpaired) electrons. The monoisotopic (exact) mass is 342 g/mol. The van der Waals surface area contributed by atoms with Gasteiger partial charge in [-0.05, 0) is 25.0 Å². The summed E-state index contributed by atoms with van der Waals surface area (Å²) in [6.45, 7) is 2.00. The van der Waals surface area contributed by atoms with Gasteiger partial charge in [-0.2, -0.15) is 0 Å². The number of ether oxygens (including phenoxy) is 2. The fourth-order valence-corrected chi connectivity index (χ4v) is 3.98. The lowest BCUT2D eigenvalue weighted by molar-refractivity contribution is -0.134. The number of esters is 2. The molecule has 6 heteroatoms. The lowest BCUT2D eigenvalue weighted by atomic mass is 10.2. The van der Waals surface area contributed by atoms with Gasteiger partial charge in [-0.25, -0.2) is 4.79 Å². The Balaban J connectivity index is 0.000000406. The van der Waals surface area contributed by atoms with Crippen LogP contribution in [0.25, 0.3) is 0 Å². The first-order chi connectivity index (χ1) is 10.7. The molecule has 1 saturated heterocycles. The summed E-state index contributed by atoms with van der Waals surface area (Å²) in [4.78, 5) is 22.9. The minimum atomic E-state index is -0.510. The number of rotatable bonds is 5. The zero-order valence-electron chi connectivity index (χ0n) is 13.0. The molecular weight excluding hydrogens is 320 g/mol. The second kappa shape index (κ2) is 11.4. The van der Waals surface area contributed by atoms with Crippen LogP contribution in [-0.2, 0) is 9.53 Å². The summed E-state index contributed by atoms with van der Waals surface area (Å²) in [7, 11) is 5.27. The van der Waals surface area contributed by atoms with Crippen LogP contribution in [0.1, 0.15) is 43.0 Å². The van der Waals surface area contributed by atoms with Crippen molar-refractivity contribution in [2.75, 3.05) is 18.6 Å². The maximum atomic E-state index is 11.5. The number of unbranched alkanes of at least 4 members (excludes halogenated alkanes) is 1. The molecule has 22 heavy (non-hydrogen) atoms. The third-order valence-electron chi connectivity index (χ3n) is 2.79. The summed E-state index contributed by atoms with van der Waals surface area (Å²) >= 11 is 0. The molecule has 2 rings (SSSR count). The van der Waals surface area contributed by atoms with Gasteiger partial charge in [0.2, 0.25) is 0 Å². The highest BCUT2D eigenvalue weighted by atomic mass is 33.1. The van der Waals surface area contributed by atoms with Crippen molar-refractivity contribution < 1.29 is 19.1 Å². The molecule has 0 spiro atoms. The van der Waals surface area contributed by atoms with Gasteiger partial charge in [0.25, 0.3) is 0 Å². The van der Waals surface area contributed by atoms with Crippen molar-refractivity contribution in [3.63, 3.8) is 0 Å². The molecule has 1 fully saturated rings. The van der Waals surface area contributed by atoms with Crippen molar-refractivity contribution in [1.82, 2.24) is 0 Å². The fraction of sp³-hybridized carbons (Fsp3) is 0.500. The second-order valence-electron chi connectivity index (χ2n) is 4.56. The minimum absolute atomic E-state index is 0.250. The molecule has 0 unspecified atom stereocenters. The van der Waals surface area contributed by atoms with E-state index >= 15 is 0 Å². The Labute approximate surface area is 139 Å². The van der Waals surface area contributed by atoms with Gasteiger partial charge < -0.3 is 9.47 Å². The molecule has 122 valence electrons. The van der Waals surface area contributed by atoms with Crippen LogP contribution >= 0.6 is 21.6 Å². The third kappa shape index (κ3) is 7.22. The number of carbonyl (C=O) groups is 2. The standard InChI is InChI=1S/C13H16O4.C3H6S2/c1-3-4-9-12(14)17-11-8-6-5-7-10(11)13(15)16-2;1-2-4-5-3-1/h5-8H,3-4,9H2,1-2H3;1-3H2. The first-order valence-electron chi connectivity index (χ1n) is 7.31. The Bertz CT molecular complexity index is 465. The molecule has 0 aliphatic carbocycles. The van der Waals surface area contributed by atoms with Gasteiger partial charge in [0.15, 0.2) is 0 Å². The quantitative estimate of drug-likeness (QED) is 0.451. The molecule has 0 saturated carbocycles. The summed E-state index contributed by atoms with van der Waals surface area (Å²) in [6, 6.07) is 6.54. The van der Waals surface area contributed by atoms with Gasteiger partial charge >= 0.3 is 11.9 Å². The predicted molar refractivity (Wildman–Crippen MR) is 92.5 cm³/mol. The van der Waals surface area contributed by atoms with Gasteiger partial charge in [-0.3, -0.25) is 4.79 Å². The largest absolute Gasteiger partial charge is 0.465 e. The Morgan fingerprint density at radius 2 is 1.86 bits per heavy atom. The molecular formula is C16H22O4S2. The van der Waals surface area contributed by atoms with Crippen molar-refractivity contribution in [2.45, 2.75) is 32.6 Å². The van der Waals surface area contributed by atoms with E-state index in [1.54, 1.807) is 24.3 Å². The van der Waals surface area contributed by atoms with Gasteiger partial charge in [0, 0.05) is 17.9 Å². The lowest BCUT2D eigenvalue weighted by Gasteiger charge is -2.07. The zero-order chi connectivity index (χ0) is 16.2. The molecule has 1 aromatic carbocycles. The highest BCUT2D eigenvalue weighted by Crippen LogP contribution is 2.29. The molecule has 1 aromatic rings. The van der Waals surface area contributed by atoms with Crippen LogP contribution in [0.15, 0.2) is 24.3 Å². The molecule has 0 bridgehead atoms. The zero-order valence-corrected chi connectivity index (χ0v) is 14.6. The summed E-state index contributed by atoms with van der Waals surface area (Å²) in [5, 5.41) is 0. The van der Waals surface area contributed by atoms with E-state index in [1.807, 2.05) is 28.5 Å². The molecule has 4 nitrogen and oxygen atoms in total. The Morgan fingerprint density at radius 3 is 2.41 bits per heavy atom. The first kappa shape index (κ1) is 18.9. The smallest absolute Gasteiger partial charge is 0.341 e. The maximum absolute atomic E-state index is 11.5. The molecule has 1 heterocycles. The molecule has 0 atom stereocenters. The van der Waals surface area contributed by atoms with Gasteiger partial charge in [0.05, 0.1) is 7.11 Å². The van der Waals surface area contributed by atoms with Crippen LogP contribution in [0.4, 0.5) is 0 Å². The van der Waals surface area contributed by atoms with Crippen LogP contribution < -0.4 is 4.74 Å². The summed E-state index contributed by atoms with van der Waals surface area (Å²) in [6.07, 6.45) is 3.48. The van der Waals surface area contributed by atoms with E-state index in [1.165, 1.54) is 25.0 Å². The Morgan fingerprint density at radius 1 is 1.18 bits per heavy atom. The van der Waals surface area contributed by atoms with Crippen molar-refractivity contribution in [3.05, 3.63) is 29.8 Å². The molecule has 0 aromatic heterocycles. The Kier molecular flexibility index (Phi) is 9.82. The van der Waals surface area contributed by atoms with Gasteiger partial charge in [0.1, 0.15) is 11.3 Å². The number of hydrogen-bond acceptors (Lipinski definition) is 6. The van der Waals surface area contributed by atoms with E-state index in [9.17, 15) is 9.59 Å². The summed E-state index contributed by atoms with van der Waals surface area (Å²) in [5.41, 5.74) is 0.264. The second-order valence-corrected chi connectivity index (χ2v) is 7.26. The highest BCUT2D eigenvalue weighted by molar-refractivity contribution is 8.77. The summed E-state index contributed by atoms with van der Waals surface area (Å²) < 4.78 is 9.74. The average Bonchev–Trinajstić information content (AvgIpc) is 3.12. The number of benzene rings is 1. The highest BCUT2D eigenvalue weighted by Gasteiger charge is 2.14. The van der Waals surface area contributed by atoms with E-state index in [2.05, 4.69) is 4.74 Å². The fourth-order valence-electron chi connectivity index (χ4n) is 1.62. The van der Waals surface area contributed by atoms with Crippen molar-refractivity contribution >= 4 is 33.5 Å². The average molecular weight is 342 g/mol. The third-order valence-corrected chi connectivity index (χ3v) is 5.37. The van der Waals surface area contributed by atoms with Crippen molar-refractivity contribution in [2.24, 2.45) is 0 Å². The minimum Gasteiger partial charge on any atom is -0.465 e. The van der Waals surface area contributed by atoms with Crippen LogP contribution in [0.3, 0.4) is 0 Å². The summed E-state index contributed by atoms with van der Waals surface area (Å²) in [5.74, 6) is 2.17. The maximum Gasteiger partial charge on any atom is 0.341 e. The molecule has 1 aliphatic rings. The van der Waals surface area contributed by atoms with Crippen LogP contribution in [0.2, 0.25) is 0 Å². The number of para-hydroxylation sites is 1. The Hall–Kier alpha value is -1.14. The topological polar surface area (TPSA) is 52.6 Å². The predicted octanol–water partition coefficient (Wildman–Crippen LogP) is 4.34.